The van der Waals surface area contributed by atoms with Crippen LogP contribution in [0, 0.1) is 5.41 Å². The molecule has 0 aliphatic carbocycles. The molecule has 7 rings (SSSR count). The van der Waals surface area contributed by atoms with Crippen LogP contribution in [0.4, 0.5) is 4.79 Å². The molecule has 0 radical (unpaired) electrons. The summed E-state index contributed by atoms with van der Waals surface area (Å²) in [6, 6.07) is -11.2. The van der Waals surface area contributed by atoms with Gasteiger partial charge in [0.2, 0.25) is 88.6 Å². The molecule has 1 aromatic carbocycles. The molecule has 3 fully saturated rings. The number of guanidine groups is 1. The second-order valence-corrected chi connectivity index (χ2v) is 37.6. The van der Waals surface area contributed by atoms with E-state index in [1.165, 1.54) is 63.2 Å². The maximum atomic E-state index is 15.6. The second kappa shape index (κ2) is 67.6. The summed E-state index contributed by atoms with van der Waals surface area (Å²) in [6.45, 7) is -1.05. The fourth-order valence-electron chi connectivity index (χ4n) is 17.9. The van der Waals surface area contributed by atoms with Crippen LogP contribution in [-0.2, 0) is 113 Å². The number of carboxylic acid groups (broad SMARTS) is 3. The van der Waals surface area contributed by atoms with Crippen molar-refractivity contribution in [3.63, 3.8) is 0 Å². The number of aliphatic carboxylic acids is 3. The van der Waals surface area contributed by atoms with Crippen LogP contribution in [0.25, 0.3) is 10.9 Å². The van der Waals surface area contributed by atoms with Crippen LogP contribution in [0.3, 0.4) is 0 Å². The zero-order valence-electron chi connectivity index (χ0n) is 84.8. The topological polar surface area (TPSA) is 783 Å². The number of primary amides is 2. The Morgan fingerprint density at radius 1 is 0.564 bits per heavy atom. The number of para-hydroxylation sites is 1. The number of nitrogens with zero attached hydrogens (tertiary/aromatic N) is 7. The zero-order chi connectivity index (χ0) is 108. The number of tetrazole rings is 1. The lowest BCUT2D eigenvalue weighted by Crippen LogP contribution is -2.60. The minimum Gasteiger partial charge on any atom is -0.481 e. The molecule has 0 spiro atoms. The Balaban J connectivity index is 0.992. The number of hydrogen-bond acceptors (Lipinski definition) is 28. The Labute approximate surface area is 863 Å². The number of carbonyl (C=O) groups is 20. The number of ketones is 1. The molecule has 0 bridgehead atoms. The standard InChI is InChI=1S/C97H151N27O25/c1-61(125)109-68-33-17-15-29-64(126)54-75(117-91(142)72(52-62-56-107-66-31-18-16-30-65(62)66)114-88(139)69(35-24-43-105-96(99)100)110-80(128)57-108-86(137)73(115-87(68)138)53-63-28-23-42-102-63)94(145)124-48-27-38-77(124)95(146)123-47-26-37-76(123)93(144)113-71(36-25-44-106-97(101)147)90(141)116-74(55-82(130)131)92(143)112-70(34-20-22-46-122(58-83(132)133)59-84(134)135)89(140)111-67(85(98)136)32-19-21-41-103-81(129)60-149-51-50-148-49-45-104-79(127)40-14-12-10-8-6-4-2-3-5-7-9-11-13-39-78-118-120-121-119-78/h16,18,28,30-31,42,56,67-77,107H,2-15,17,19-27,29,32-41,43-55,57-60H2,1H3,(H2,98,136)(H,103,129)(H,104,127)(H,108,137)(H,109,125)(H,110,128)(H,111,140)(H,112,143)(H,113,144)(H,114,139)(H,115,138)(H,116,141)(H,117,142)(H,130,131)(H,132,133)(H,134,135)(H4,99,100,105)(H3,101,106,147)(H,118,119,120,121)/t67-,68-,69-,70-,71-,72-,73-,74-,75-,76-,77-/m0/s1. The number of carboxylic acids is 3. The van der Waals surface area contributed by atoms with Crippen LogP contribution >= 0.6 is 0 Å². The minimum absolute atomic E-state index is 0.00232. The molecule has 149 heavy (non-hydrogen) atoms. The van der Waals surface area contributed by atoms with Crippen molar-refractivity contribution in [2.45, 2.75) is 317 Å². The molecule has 2 aromatic heterocycles. The first-order valence-corrected chi connectivity index (χ1v) is 51.6. The molecule has 17 amide bonds. The lowest BCUT2D eigenvalue weighted by atomic mass is 9.99. The number of ether oxygens (including phenoxy) is 2. The highest BCUT2D eigenvalue weighted by atomic mass is 16.5. The maximum absolute atomic E-state index is 15.6. The Kier molecular flexibility index (Phi) is 55.2. The van der Waals surface area contributed by atoms with Crippen LogP contribution in [0.5, 0.6) is 0 Å². The van der Waals surface area contributed by atoms with Gasteiger partial charge in [0.25, 0.3) is 0 Å². The molecule has 11 atom stereocenters. The first kappa shape index (κ1) is 122. The third-order valence-corrected chi connectivity index (χ3v) is 25.6. The first-order chi connectivity index (χ1) is 71.5. The Morgan fingerprint density at radius 2 is 1.16 bits per heavy atom. The summed E-state index contributed by atoms with van der Waals surface area (Å²) in [4.78, 5) is 286. The van der Waals surface area contributed by atoms with Gasteiger partial charge < -0.3 is 131 Å². The summed E-state index contributed by atoms with van der Waals surface area (Å²) < 4.78 is 11.0. The van der Waals surface area contributed by atoms with E-state index in [0.29, 0.717) is 41.5 Å². The van der Waals surface area contributed by atoms with E-state index in [0.717, 1.165) is 54.1 Å². The number of aromatic amines is 2. The van der Waals surface area contributed by atoms with E-state index in [-0.39, 0.29) is 200 Å². The summed E-state index contributed by atoms with van der Waals surface area (Å²) in [7, 11) is 0. The third kappa shape index (κ3) is 47.2. The summed E-state index contributed by atoms with van der Waals surface area (Å²) in [5.41, 5.74) is 18.3. The molecule has 3 saturated heterocycles. The average Bonchev–Trinajstić information content (AvgIpc) is 1.65. The number of aliphatic imine (C=N–C) groups is 1. The number of carbonyl (C=O) groups excluding carboxylic acids is 17. The number of urea groups is 1. The van der Waals surface area contributed by atoms with Gasteiger partial charge in [0.15, 0.2) is 5.96 Å². The van der Waals surface area contributed by atoms with Gasteiger partial charge >= 0.3 is 23.9 Å². The second-order valence-electron chi connectivity index (χ2n) is 37.6. The predicted octanol–water partition coefficient (Wildman–Crippen LogP) is -1.56. The van der Waals surface area contributed by atoms with Gasteiger partial charge in [-0.25, -0.2) is 9.89 Å². The number of allylic oxidation sites excluding steroid dienone is 1. The van der Waals surface area contributed by atoms with E-state index in [2.05, 4.69) is 105 Å². The number of rotatable bonds is 64. The number of nitrogens with one attached hydrogen (secondary N) is 17. The van der Waals surface area contributed by atoms with Crippen molar-refractivity contribution in [1.29, 1.82) is 5.41 Å². The van der Waals surface area contributed by atoms with Crippen molar-refractivity contribution in [3.8, 4) is 0 Å². The summed E-state index contributed by atoms with van der Waals surface area (Å²) in [5.74, 6) is -17.5. The normalized spacial score (nSPS) is 18.8. The van der Waals surface area contributed by atoms with Gasteiger partial charge in [-0.3, -0.25) is 106 Å². The lowest BCUT2D eigenvalue weighted by molar-refractivity contribution is -0.148. The maximum Gasteiger partial charge on any atom is 0.317 e. The van der Waals surface area contributed by atoms with E-state index in [1.807, 2.05) is 0 Å². The molecule has 4 aliphatic rings. The monoisotopic (exact) mass is 2090 g/mol. The van der Waals surface area contributed by atoms with E-state index in [1.54, 1.807) is 42.8 Å². The van der Waals surface area contributed by atoms with E-state index in [4.69, 9.17) is 32.1 Å². The Hall–Kier alpha value is -14.2. The van der Waals surface area contributed by atoms with Gasteiger partial charge in [0.05, 0.1) is 45.9 Å². The first-order valence-electron chi connectivity index (χ1n) is 51.6. The van der Waals surface area contributed by atoms with Crippen molar-refractivity contribution >= 4 is 141 Å². The number of H-pyrrole nitrogens is 2. The number of hydrogen-bond donors (Lipinski definition) is 23. The average molecular weight is 2100 g/mol. The third-order valence-electron chi connectivity index (χ3n) is 25.6. The molecule has 4 aliphatic heterocycles. The quantitative estimate of drug-likeness (QED) is 0.0173. The number of amides is 17. The number of Topliss-reactive ketones (excluding diaryl/α,β-unsaturated/α-hetero) is 1. The van der Waals surface area contributed by atoms with E-state index >= 15 is 14.4 Å². The molecular weight excluding hydrogens is 1940 g/mol. The van der Waals surface area contributed by atoms with Gasteiger partial charge in [0, 0.05) is 120 Å². The molecule has 26 N–H and O–H groups in total. The van der Waals surface area contributed by atoms with Gasteiger partial charge in [-0.2, -0.15) is 0 Å². The SMILES string of the molecule is CC(=O)N[C@H]1CCCCC(=O)C[C@@H](C(=O)N2CCC[C@H]2C(=O)N2CCC[C@H]2C(=O)N[C@@H](CCCNC(N)=O)C(=O)N[C@@H](CC(=O)O)C(=O)N[C@@H](CCCCN(CC(=O)O)CC(=O)O)C(=O)N[C@@H](CCCCNC(=O)COCCOCCNC(=O)CCCCCCCCCCCCCCCc2nnn[nH]2)C(N)=O)NC(=O)[C@H](Cc2c[nH]c3ccccc23)NC(=O)[C@H](CCCNC(=N)N)NC(=O)CNC(=O)[C@H](CC2=CCC=N2)NC1=O. The Bertz CT molecular complexity index is 4980. The molecule has 52 nitrogen and oxygen atoms in total. The number of benzene rings is 1. The van der Waals surface area contributed by atoms with Crippen LogP contribution < -0.4 is 91.6 Å². The molecule has 0 saturated carbocycles. The van der Waals surface area contributed by atoms with Crippen LogP contribution in [-0.4, -0.2) is 344 Å². The highest BCUT2D eigenvalue weighted by molar-refractivity contribution is 6.02. The van der Waals surface area contributed by atoms with Crippen molar-refractivity contribution in [3.05, 3.63) is 53.6 Å². The fraction of sp³-hybridized carbons (Fsp3) is 0.660. The van der Waals surface area contributed by atoms with E-state index < -0.39 is 217 Å². The largest absolute Gasteiger partial charge is 0.481 e. The summed E-state index contributed by atoms with van der Waals surface area (Å²) >= 11 is 0. The van der Waals surface area contributed by atoms with Gasteiger partial charge in [-0.15, -0.1) is 5.10 Å². The van der Waals surface area contributed by atoms with E-state index in [9.17, 15) is 96.8 Å². The van der Waals surface area contributed by atoms with Crippen molar-refractivity contribution < 1.29 is 121 Å². The lowest BCUT2D eigenvalue weighted by Gasteiger charge is -2.33. The number of aromatic nitrogens is 5. The molecule has 52 heteroatoms. The van der Waals surface area contributed by atoms with Crippen molar-refractivity contribution in [1.82, 2.24) is 115 Å². The van der Waals surface area contributed by atoms with Crippen LogP contribution in [0.1, 0.15) is 249 Å². The molecule has 824 valence electrons. The van der Waals surface area contributed by atoms with Crippen molar-refractivity contribution in [2.24, 2.45) is 22.2 Å². The number of fused-ring (bicyclic) bond motifs is 1. The number of aryl methyl sites for hydroxylation is 1. The molecular formula is C97H151N27O25. The Morgan fingerprint density at radius 3 is 1.82 bits per heavy atom. The number of likely N-dealkylation sites (tertiary alicyclic amines) is 2. The molecule has 3 aromatic rings. The highest BCUT2D eigenvalue weighted by Gasteiger charge is 2.46. The fourth-order valence-corrected chi connectivity index (χ4v) is 17.9. The highest BCUT2D eigenvalue weighted by Crippen LogP contribution is 2.29. The smallest absolute Gasteiger partial charge is 0.317 e. The minimum atomic E-state index is -2.08. The summed E-state index contributed by atoms with van der Waals surface area (Å²) in [5, 5.41) is 87.7. The summed E-state index contributed by atoms with van der Waals surface area (Å²) in [6.07, 6.45) is 18.5. The number of unbranched alkanes of at least 4 members (excludes halogenated alkanes) is 14. The number of nitrogens with two attached hydrogens (primary N) is 3. The van der Waals surface area contributed by atoms with Crippen molar-refractivity contribution in [2.75, 3.05) is 91.9 Å². The van der Waals surface area contributed by atoms with Gasteiger partial charge in [0.1, 0.15) is 84.7 Å². The van der Waals surface area contributed by atoms with Gasteiger partial charge in [-0.1, -0.05) is 101 Å². The molecule has 0 unspecified atom stereocenters. The van der Waals surface area contributed by atoms with Crippen LogP contribution in [0.2, 0.25) is 0 Å². The predicted molar refractivity (Wildman–Crippen MR) is 538 cm³/mol. The van der Waals surface area contributed by atoms with Gasteiger partial charge in [-0.05, 0) is 144 Å². The zero-order valence-corrected chi connectivity index (χ0v) is 84.8. The van der Waals surface area contributed by atoms with Crippen LogP contribution in [0.15, 0.2) is 47.2 Å². The molecule has 6 heterocycles.